The van der Waals surface area contributed by atoms with E-state index in [9.17, 15) is 4.79 Å². The average molecular weight is 139 g/mol. The van der Waals surface area contributed by atoms with Gasteiger partial charge in [0, 0.05) is 25.4 Å². The molecule has 0 saturated carbocycles. The van der Waals surface area contributed by atoms with Crippen LogP contribution >= 0.6 is 0 Å². The molecule has 1 aliphatic rings. The fraction of sp³-hybridized carbons (Fsp3) is 0.625. The summed E-state index contributed by atoms with van der Waals surface area (Å²) in [6.07, 6.45) is 2.54. The second-order valence-electron chi connectivity index (χ2n) is 2.65. The Hall–Kier alpha value is -0.790. The maximum atomic E-state index is 10.9. The van der Waals surface area contributed by atoms with Crippen LogP contribution in [0.15, 0.2) is 12.7 Å². The van der Waals surface area contributed by atoms with Crippen LogP contribution in [0.25, 0.3) is 0 Å². The van der Waals surface area contributed by atoms with Crippen molar-refractivity contribution >= 4 is 5.91 Å². The summed E-state index contributed by atoms with van der Waals surface area (Å²) in [5.41, 5.74) is 0. The van der Waals surface area contributed by atoms with Gasteiger partial charge >= 0.3 is 0 Å². The van der Waals surface area contributed by atoms with Crippen molar-refractivity contribution in [2.45, 2.75) is 13.3 Å². The Labute approximate surface area is 61.5 Å². The Kier molecular flexibility index (Phi) is 2.10. The molecule has 1 rings (SSSR count). The van der Waals surface area contributed by atoms with Crippen molar-refractivity contribution in [3.63, 3.8) is 0 Å². The van der Waals surface area contributed by atoms with Gasteiger partial charge in [0.25, 0.3) is 0 Å². The van der Waals surface area contributed by atoms with Crippen LogP contribution < -0.4 is 0 Å². The smallest absolute Gasteiger partial charge is 0.222 e. The Morgan fingerprint density at radius 3 is 2.80 bits per heavy atom. The highest BCUT2D eigenvalue weighted by Crippen LogP contribution is 2.16. The predicted molar refractivity (Wildman–Crippen MR) is 40.6 cm³/mol. The lowest BCUT2D eigenvalue weighted by molar-refractivity contribution is -0.135. The van der Waals surface area contributed by atoms with Gasteiger partial charge in [0.05, 0.1) is 0 Å². The molecule has 0 aromatic rings. The van der Waals surface area contributed by atoms with Gasteiger partial charge in [0.2, 0.25) is 5.91 Å². The minimum absolute atomic E-state index is 0.262. The number of carbonyl (C=O) groups excluding carboxylic acids is 1. The highest BCUT2D eigenvalue weighted by molar-refractivity contribution is 5.76. The van der Waals surface area contributed by atoms with Gasteiger partial charge < -0.3 is 4.90 Å². The SMILES string of the molecule is C=CC1CN(C(=O)CC)C1. The van der Waals surface area contributed by atoms with E-state index in [1.807, 2.05) is 17.9 Å². The van der Waals surface area contributed by atoms with Crippen LogP contribution in [0.3, 0.4) is 0 Å². The molecule has 0 bridgehead atoms. The molecule has 0 N–H and O–H groups in total. The summed E-state index contributed by atoms with van der Waals surface area (Å²) in [7, 11) is 0. The molecule has 0 aromatic carbocycles. The molecule has 10 heavy (non-hydrogen) atoms. The lowest BCUT2D eigenvalue weighted by Crippen LogP contribution is -2.48. The molecule has 0 radical (unpaired) electrons. The van der Waals surface area contributed by atoms with E-state index in [-0.39, 0.29) is 5.91 Å². The van der Waals surface area contributed by atoms with E-state index in [1.54, 1.807) is 0 Å². The molecule has 0 aliphatic carbocycles. The van der Waals surface area contributed by atoms with Crippen molar-refractivity contribution in [1.82, 2.24) is 4.90 Å². The molecule has 0 unspecified atom stereocenters. The number of nitrogens with zero attached hydrogens (tertiary/aromatic N) is 1. The van der Waals surface area contributed by atoms with Gasteiger partial charge in [0.15, 0.2) is 0 Å². The normalized spacial score (nSPS) is 18.3. The Morgan fingerprint density at radius 1 is 1.80 bits per heavy atom. The standard InChI is InChI=1S/C8H13NO/c1-3-7-5-9(6-7)8(10)4-2/h3,7H,1,4-6H2,2H3. The monoisotopic (exact) mass is 139 g/mol. The van der Waals surface area contributed by atoms with Crippen LogP contribution in [0.4, 0.5) is 0 Å². The summed E-state index contributed by atoms with van der Waals surface area (Å²) < 4.78 is 0. The number of hydrogen-bond acceptors (Lipinski definition) is 1. The molecule has 1 amide bonds. The van der Waals surface area contributed by atoms with Crippen molar-refractivity contribution in [2.75, 3.05) is 13.1 Å². The Morgan fingerprint density at radius 2 is 2.40 bits per heavy atom. The number of carbonyl (C=O) groups is 1. The molecular formula is C8H13NO. The number of amides is 1. The molecule has 0 spiro atoms. The molecule has 1 heterocycles. The largest absolute Gasteiger partial charge is 0.341 e. The first-order valence-electron chi connectivity index (χ1n) is 3.68. The zero-order chi connectivity index (χ0) is 7.56. The molecular weight excluding hydrogens is 126 g/mol. The third-order valence-corrected chi connectivity index (χ3v) is 1.90. The fourth-order valence-corrected chi connectivity index (χ4v) is 1.09. The molecule has 56 valence electrons. The first-order valence-corrected chi connectivity index (χ1v) is 3.68. The van der Waals surface area contributed by atoms with Gasteiger partial charge in [-0.2, -0.15) is 0 Å². The summed E-state index contributed by atoms with van der Waals surface area (Å²) in [4.78, 5) is 12.8. The lowest BCUT2D eigenvalue weighted by atomic mass is 10.0. The summed E-state index contributed by atoms with van der Waals surface area (Å²) in [5.74, 6) is 0.814. The molecule has 0 aromatic heterocycles. The minimum atomic E-state index is 0.262. The number of hydrogen-bond donors (Lipinski definition) is 0. The van der Waals surface area contributed by atoms with Gasteiger partial charge in [-0.05, 0) is 0 Å². The third kappa shape index (κ3) is 1.20. The topological polar surface area (TPSA) is 20.3 Å². The van der Waals surface area contributed by atoms with Crippen molar-refractivity contribution < 1.29 is 4.79 Å². The molecule has 2 nitrogen and oxygen atoms in total. The van der Waals surface area contributed by atoms with E-state index in [0.29, 0.717) is 12.3 Å². The van der Waals surface area contributed by atoms with Gasteiger partial charge in [-0.3, -0.25) is 4.79 Å². The number of likely N-dealkylation sites (tertiary alicyclic amines) is 1. The first kappa shape index (κ1) is 7.32. The molecule has 2 heteroatoms. The van der Waals surface area contributed by atoms with E-state index in [2.05, 4.69) is 6.58 Å². The van der Waals surface area contributed by atoms with E-state index in [0.717, 1.165) is 13.1 Å². The predicted octanol–water partition coefficient (Wildman–Crippen LogP) is 1.04. The van der Waals surface area contributed by atoms with E-state index < -0.39 is 0 Å². The summed E-state index contributed by atoms with van der Waals surface area (Å²) in [5, 5.41) is 0. The maximum Gasteiger partial charge on any atom is 0.222 e. The van der Waals surface area contributed by atoms with Crippen molar-refractivity contribution in [3.05, 3.63) is 12.7 Å². The Balaban J connectivity index is 2.25. The summed E-state index contributed by atoms with van der Waals surface area (Å²) >= 11 is 0. The van der Waals surface area contributed by atoms with Gasteiger partial charge in [-0.1, -0.05) is 13.0 Å². The highest BCUT2D eigenvalue weighted by Gasteiger charge is 2.26. The lowest BCUT2D eigenvalue weighted by Gasteiger charge is -2.37. The zero-order valence-electron chi connectivity index (χ0n) is 6.34. The number of rotatable bonds is 2. The van der Waals surface area contributed by atoms with Crippen molar-refractivity contribution in [1.29, 1.82) is 0 Å². The van der Waals surface area contributed by atoms with Gasteiger partial charge in [-0.25, -0.2) is 0 Å². The van der Waals surface area contributed by atoms with Gasteiger partial charge in [-0.15, -0.1) is 6.58 Å². The average Bonchev–Trinajstić information content (AvgIpc) is 1.85. The Bertz CT molecular complexity index is 147. The van der Waals surface area contributed by atoms with Crippen molar-refractivity contribution in [2.24, 2.45) is 5.92 Å². The highest BCUT2D eigenvalue weighted by atomic mass is 16.2. The molecule has 1 fully saturated rings. The maximum absolute atomic E-state index is 10.9. The van der Waals surface area contributed by atoms with Crippen LogP contribution in [-0.2, 0) is 4.79 Å². The first-order chi connectivity index (χ1) is 4.77. The van der Waals surface area contributed by atoms with Crippen LogP contribution in [-0.4, -0.2) is 23.9 Å². The van der Waals surface area contributed by atoms with E-state index in [1.165, 1.54) is 0 Å². The van der Waals surface area contributed by atoms with Crippen LogP contribution in [0.1, 0.15) is 13.3 Å². The van der Waals surface area contributed by atoms with E-state index in [4.69, 9.17) is 0 Å². The van der Waals surface area contributed by atoms with Crippen molar-refractivity contribution in [3.8, 4) is 0 Å². The fourth-order valence-electron chi connectivity index (χ4n) is 1.09. The van der Waals surface area contributed by atoms with Gasteiger partial charge in [0.1, 0.15) is 0 Å². The summed E-state index contributed by atoms with van der Waals surface area (Å²) in [6, 6.07) is 0. The third-order valence-electron chi connectivity index (χ3n) is 1.90. The summed E-state index contributed by atoms with van der Waals surface area (Å²) in [6.45, 7) is 7.33. The van der Waals surface area contributed by atoms with Crippen LogP contribution in [0, 0.1) is 5.92 Å². The van der Waals surface area contributed by atoms with Crippen LogP contribution in [0.5, 0.6) is 0 Å². The quantitative estimate of drug-likeness (QED) is 0.523. The minimum Gasteiger partial charge on any atom is -0.341 e. The van der Waals surface area contributed by atoms with Crippen LogP contribution in [0.2, 0.25) is 0 Å². The zero-order valence-corrected chi connectivity index (χ0v) is 6.34. The van der Waals surface area contributed by atoms with E-state index >= 15 is 0 Å². The second kappa shape index (κ2) is 2.86. The molecule has 1 aliphatic heterocycles. The second-order valence-corrected chi connectivity index (χ2v) is 2.65. The molecule has 0 atom stereocenters. The molecule has 1 saturated heterocycles.